The molecule has 1 amide bonds. The van der Waals surface area contributed by atoms with Crippen molar-refractivity contribution in [2.45, 2.75) is 37.5 Å². The van der Waals surface area contributed by atoms with Gasteiger partial charge in [0.05, 0.1) is 4.90 Å². The van der Waals surface area contributed by atoms with E-state index in [2.05, 4.69) is 0 Å². The van der Waals surface area contributed by atoms with Crippen LogP contribution in [-0.2, 0) is 10.0 Å². The maximum atomic E-state index is 12.5. The number of benzene rings is 1. The largest absolute Gasteiger partial charge is 0.339 e. The zero-order valence-corrected chi connectivity index (χ0v) is 12.4. The molecule has 1 aromatic carbocycles. The standard InChI is InChI=1S/C14H20N2O3S/c1-11-6-7-12(20(15,18)19)10-13(11)14(17)16-8-4-2-3-5-9-16/h6-7,10H,2-5,8-9H2,1H3,(H2,15,18,19). The van der Waals surface area contributed by atoms with Crippen LogP contribution in [0.15, 0.2) is 23.1 Å². The number of likely N-dealkylation sites (tertiary alicyclic amines) is 1. The summed E-state index contributed by atoms with van der Waals surface area (Å²) in [7, 11) is -3.78. The van der Waals surface area contributed by atoms with E-state index in [1.54, 1.807) is 13.0 Å². The number of sulfonamides is 1. The SMILES string of the molecule is Cc1ccc(S(N)(=O)=O)cc1C(=O)N1CCCCCC1. The molecule has 1 heterocycles. The highest BCUT2D eigenvalue weighted by Crippen LogP contribution is 2.19. The summed E-state index contributed by atoms with van der Waals surface area (Å²) >= 11 is 0. The van der Waals surface area contributed by atoms with Gasteiger partial charge in [-0.05, 0) is 37.5 Å². The van der Waals surface area contributed by atoms with Crippen LogP contribution in [0.1, 0.15) is 41.6 Å². The number of carbonyl (C=O) groups is 1. The highest BCUT2D eigenvalue weighted by atomic mass is 32.2. The van der Waals surface area contributed by atoms with Crippen molar-refractivity contribution in [1.29, 1.82) is 0 Å². The summed E-state index contributed by atoms with van der Waals surface area (Å²) in [5, 5.41) is 5.13. The molecule has 5 nitrogen and oxygen atoms in total. The molecule has 0 bridgehead atoms. The molecule has 2 N–H and O–H groups in total. The second-order valence-corrected chi connectivity index (χ2v) is 6.79. The average Bonchev–Trinajstić information content (AvgIpc) is 2.66. The number of primary sulfonamides is 1. The summed E-state index contributed by atoms with van der Waals surface area (Å²) in [5.41, 5.74) is 1.20. The van der Waals surface area contributed by atoms with Gasteiger partial charge >= 0.3 is 0 Å². The Balaban J connectivity index is 2.33. The number of hydrogen-bond acceptors (Lipinski definition) is 3. The molecule has 0 saturated carbocycles. The molecule has 6 heteroatoms. The third-order valence-electron chi connectivity index (χ3n) is 3.66. The van der Waals surface area contributed by atoms with Crippen LogP contribution in [0.4, 0.5) is 0 Å². The number of nitrogens with two attached hydrogens (primary N) is 1. The fourth-order valence-corrected chi connectivity index (χ4v) is 2.99. The minimum atomic E-state index is -3.78. The number of rotatable bonds is 2. The topological polar surface area (TPSA) is 80.5 Å². The van der Waals surface area contributed by atoms with Gasteiger partial charge in [-0.25, -0.2) is 13.6 Å². The molecule has 1 fully saturated rings. The quantitative estimate of drug-likeness (QED) is 0.901. The summed E-state index contributed by atoms with van der Waals surface area (Å²) in [4.78, 5) is 14.3. The normalized spacial score (nSPS) is 16.8. The Bertz CT molecular complexity index is 603. The minimum Gasteiger partial charge on any atom is -0.339 e. The highest BCUT2D eigenvalue weighted by molar-refractivity contribution is 7.89. The smallest absolute Gasteiger partial charge is 0.254 e. The molecule has 1 aliphatic rings. The van der Waals surface area contributed by atoms with Crippen LogP contribution < -0.4 is 5.14 Å². The van der Waals surface area contributed by atoms with E-state index < -0.39 is 10.0 Å². The summed E-state index contributed by atoms with van der Waals surface area (Å²) in [5.74, 6) is -0.102. The van der Waals surface area contributed by atoms with E-state index in [1.807, 2.05) is 4.90 Å². The van der Waals surface area contributed by atoms with Crippen molar-refractivity contribution in [2.75, 3.05) is 13.1 Å². The summed E-state index contributed by atoms with van der Waals surface area (Å²) in [6.07, 6.45) is 4.28. The van der Waals surface area contributed by atoms with Crippen molar-refractivity contribution in [2.24, 2.45) is 5.14 Å². The van der Waals surface area contributed by atoms with Gasteiger partial charge in [-0.1, -0.05) is 18.9 Å². The third kappa shape index (κ3) is 3.37. The van der Waals surface area contributed by atoms with Crippen molar-refractivity contribution in [3.05, 3.63) is 29.3 Å². The molecule has 0 atom stereocenters. The van der Waals surface area contributed by atoms with E-state index in [0.717, 1.165) is 44.3 Å². The first-order valence-electron chi connectivity index (χ1n) is 6.82. The highest BCUT2D eigenvalue weighted by Gasteiger charge is 2.20. The first-order valence-corrected chi connectivity index (χ1v) is 8.37. The van der Waals surface area contributed by atoms with Gasteiger partial charge in [0, 0.05) is 18.7 Å². The van der Waals surface area contributed by atoms with Gasteiger partial charge in [0.15, 0.2) is 0 Å². The van der Waals surface area contributed by atoms with Crippen LogP contribution >= 0.6 is 0 Å². The molecule has 20 heavy (non-hydrogen) atoms. The van der Waals surface area contributed by atoms with Crippen LogP contribution in [0.3, 0.4) is 0 Å². The molecule has 0 unspecified atom stereocenters. The molecule has 0 radical (unpaired) electrons. The van der Waals surface area contributed by atoms with Gasteiger partial charge in [-0.15, -0.1) is 0 Å². The molecule has 1 saturated heterocycles. The van der Waals surface area contributed by atoms with Crippen molar-refractivity contribution >= 4 is 15.9 Å². The first-order chi connectivity index (χ1) is 9.39. The maximum absolute atomic E-state index is 12.5. The number of hydrogen-bond donors (Lipinski definition) is 1. The minimum absolute atomic E-state index is 0.0127. The Hall–Kier alpha value is -1.40. The molecule has 0 aliphatic carbocycles. The van der Waals surface area contributed by atoms with Gasteiger partial charge < -0.3 is 4.90 Å². The van der Waals surface area contributed by atoms with Crippen molar-refractivity contribution < 1.29 is 13.2 Å². The van der Waals surface area contributed by atoms with Gasteiger partial charge in [0.25, 0.3) is 5.91 Å². The molecular weight excluding hydrogens is 276 g/mol. The van der Waals surface area contributed by atoms with Crippen LogP contribution in [0.5, 0.6) is 0 Å². The summed E-state index contributed by atoms with van der Waals surface area (Å²) in [6.45, 7) is 3.27. The zero-order chi connectivity index (χ0) is 14.8. The fraction of sp³-hybridized carbons (Fsp3) is 0.500. The zero-order valence-electron chi connectivity index (χ0n) is 11.6. The van der Waals surface area contributed by atoms with Gasteiger partial charge in [-0.2, -0.15) is 0 Å². The lowest BCUT2D eigenvalue weighted by Gasteiger charge is -2.21. The second kappa shape index (κ2) is 5.93. The van der Waals surface area contributed by atoms with E-state index in [9.17, 15) is 13.2 Å². The Morgan fingerprint density at radius 2 is 1.75 bits per heavy atom. The Morgan fingerprint density at radius 3 is 2.30 bits per heavy atom. The van der Waals surface area contributed by atoms with Gasteiger partial charge in [0.1, 0.15) is 0 Å². The summed E-state index contributed by atoms with van der Waals surface area (Å²) in [6, 6.07) is 4.45. The molecular formula is C14H20N2O3S. The summed E-state index contributed by atoms with van der Waals surface area (Å²) < 4.78 is 22.8. The lowest BCUT2D eigenvalue weighted by atomic mass is 10.1. The average molecular weight is 296 g/mol. The Labute approximate surface area is 119 Å². The third-order valence-corrected chi connectivity index (χ3v) is 4.57. The van der Waals surface area contributed by atoms with Crippen molar-refractivity contribution in [1.82, 2.24) is 4.90 Å². The first kappa shape index (κ1) is 15.0. The van der Waals surface area contributed by atoms with Gasteiger partial charge in [-0.3, -0.25) is 4.79 Å². The number of nitrogens with zero attached hydrogens (tertiary/aromatic N) is 1. The van der Waals surface area contributed by atoms with Crippen LogP contribution in [0, 0.1) is 6.92 Å². The van der Waals surface area contributed by atoms with Crippen molar-refractivity contribution in [3.8, 4) is 0 Å². The Kier molecular flexibility index (Phi) is 4.45. The maximum Gasteiger partial charge on any atom is 0.254 e. The molecule has 2 rings (SSSR count). The molecule has 1 aromatic rings. The van der Waals surface area contributed by atoms with Gasteiger partial charge in [0.2, 0.25) is 10.0 Å². The van der Waals surface area contributed by atoms with E-state index in [1.165, 1.54) is 12.1 Å². The van der Waals surface area contributed by atoms with Crippen LogP contribution in [0.2, 0.25) is 0 Å². The predicted molar refractivity (Wildman–Crippen MR) is 76.9 cm³/mol. The number of carbonyl (C=O) groups excluding carboxylic acids is 1. The Morgan fingerprint density at radius 1 is 1.15 bits per heavy atom. The van der Waals surface area contributed by atoms with Crippen LogP contribution in [0.25, 0.3) is 0 Å². The second-order valence-electron chi connectivity index (χ2n) is 5.23. The lowest BCUT2D eigenvalue weighted by molar-refractivity contribution is 0.0760. The molecule has 0 aromatic heterocycles. The van der Waals surface area contributed by atoms with E-state index in [-0.39, 0.29) is 10.8 Å². The van der Waals surface area contributed by atoms with Crippen molar-refractivity contribution in [3.63, 3.8) is 0 Å². The predicted octanol–water partition coefficient (Wildman–Crippen LogP) is 1.66. The lowest BCUT2D eigenvalue weighted by Crippen LogP contribution is -2.32. The van der Waals surface area contributed by atoms with E-state index >= 15 is 0 Å². The monoisotopic (exact) mass is 296 g/mol. The molecule has 0 spiro atoms. The number of amides is 1. The molecule has 1 aliphatic heterocycles. The van der Waals surface area contributed by atoms with Crippen LogP contribution in [-0.4, -0.2) is 32.3 Å². The van der Waals surface area contributed by atoms with E-state index in [0.29, 0.717) is 5.56 Å². The fourth-order valence-electron chi connectivity index (χ4n) is 2.45. The number of aryl methyl sites for hydroxylation is 1. The van der Waals surface area contributed by atoms with E-state index in [4.69, 9.17) is 5.14 Å². The molecule has 110 valence electrons.